The molecule has 0 saturated carbocycles. The largest absolute Gasteiger partial charge is 0.390 e. The van der Waals surface area contributed by atoms with Crippen LogP contribution in [0.3, 0.4) is 0 Å². The Bertz CT molecular complexity index is 128. The summed E-state index contributed by atoms with van der Waals surface area (Å²) in [4.78, 5) is 0. The van der Waals surface area contributed by atoms with Gasteiger partial charge in [-0.3, -0.25) is 0 Å². The molecule has 0 aromatic heterocycles. The number of rotatable bonds is 4. The van der Waals surface area contributed by atoms with Crippen molar-refractivity contribution in [1.29, 1.82) is 0 Å². The van der Waals surface area contributed by atoms with Crippen LogP contribution in [0.25, 0.3) is 0 Å². The summed E-state index contributed by atoms with van der Waals surface area (Å²) >= 11 is 0. The maximum Gasteiger partial charge on any atom is 0.282 e. The zero-order chi connectivity index (χ0) is 8.32. The van der Waals surface area contributed by atoms with Gasteiger partial charge in [0.25, 0.3) is 5.92 Å². The van der Waals surface area contributed by atoms with Crippen molar-refractivity contribution >= 4 is 0 Å². The second kappa shape index (κ2) is 3.42. The van der Waals surface area contributed by atoms with Crippen LogP contribution in [0.5, 0.6) is 0 Å². The molecule has 1 heterocycles. The van der Waals surface area contributed by atoms with E-state index in [1.165, 1.54) is 0 Å². The Labute approximate surface area is 63.8 Å². The number of alkyl halides is 2. The fourth-order valence-electron chi connectivity index (χ4n) is 0.783. The van der Waals surface area contributed by atoms with Crippen molar-refractivity contribution in [3.8, 4) is 0 Å². The molecule has 3 nitrogen and oxygen atoms in total. The first-order chi connectivity index (χ1) is 5.14. The van der Waals surface area contributed by atoms with Crippen molar-refractivity contribution < 1.29 is 13.9 Å². The van der Waals surface area contributed by atoms with Gasteiger partial charge in [-0.1, -0.05) is 0 Å². The topological polar surface area (TPSA) is 44.3 Å². The van der Waals surface area contributed by atoms with Crippen molar-refractivity contribution in [2.45, 2.75) is 12.0 Å². The lowest BCUT2D eigenvalue weighted by Gasteiger charge is -2.29. The zero-order valence-corrected chi connectivity index (χ0v) is 6.11. The predicted octanol–water partition coefficient (Wildman–Crippen LogP) is -0.825. The van der Waals surface area contributed by atoms with Gasteiger partial charge < -0.3 is 15.7 Å². The van der Waals surface area contributed by atoms with Gasteiger partial charge in [0.15, 0.2) is 0 Å². The Morgan fingerprint density at radius 3 is 2.55 bits per heavy atom. The molecule has 0 radical (unpaired) electrons. The number of aliphatic hydroxyl groups excluding tert-OH is 1. The summed E-state index contributed by atoms with van der Waals surface area (Å²) in [5.74, 6) is -2.98. The highest BCUT2D eigenvalue weighted by atomic mass is 19.3. The zero-order valence-electron chi connectivity index (χ0n) is 6.11. The molecule has 0 amide bonds. The molecule has 0 bridgehead atoms. The Balaban J connectivity index is 2.09. The highest BCUT2D eigenvalue weighted by Gasteiger charge is 2.29. The Morgan fingerprint density at radius 1 is 1.55 bits per heavy atom. The van der Waals surface area contributed by atoms with E-state index in [2.05, 4.69) is 10.6 Å². The van der Waals surface area contributed by atoms with Crippen molar-refractivity contribution in [3.05, 3.63) is 0 Å². The minimum absolute atomic E-state index is 0.146. The van der Waals surface area contributed by atoms with Crippen LogP contribution < -0.4 is 10.6 Å². The van der Waals surface area contributed by atoms with E-state index in [-0.39, 0.29) is 6.04 Å². The van der Waals surface area contributed by atoms with Crippen LogP contribution in [-0.2, 0) is 0 Å². The molecule has 0 aromatic rings. The molecule has 0 aromatic carbocycles. The number of hydrogen-bond donors (Lipinski definition) is 3. The molecule has 1 fully saturated rings. The second-order valence-corrected chi connectivity index (χ2v) is 2.75. The van der Waals surface area contributed by atoms with Crippen LogP contribution in [0.1, 0.15) is 0 Å². The maximum atomic E-state index is 12.3. The minimum Gasteiger partial charge on any atom is -0.390 e. The van der Waals surface area contributed by atoms with Crippen LogP contribution in [0.15, 0.2) is 0 Å². The Kier molecular flexibility index (Phi) is 2.75. The summed E-state index contributed by atoms with van der Waals surface area (Å²) in [6, 6.07) is 0.146. The molecule has 11 heavy (non-hydrogen) atoms. The smallest absolute Gasteiger partial charge is 0.282 e. The highest BCUT2D eigenvalue weighted by Crippen LogP contribution is 2.10. The number of aliphatic hydroxyl groups is 1. The van der Waals surface area contributed by atoms with E-state index in [0.717, 1.165) is 13.1 Å². The molecule has 1 saturated heterocycles. The Hall–Kier alpha value is -0.260. The quantitative estimate of drug-likeness (QED) is 0.511. The molecule has 1 aliphatic rings. The standard InChI is InChI=1S/C6H12F2N2O/c7-6(8,4-11)3-10-5-1-9-2-5/h5,9-11H,1-4H2. The van der Waals surface area contributed by atoms with Crippen LogP contribution in [-0.4, -0.2) is 43.3 Å². The predicted molar refractivity (Wildman–Crippen MR) is 36.7 cm³/mol. The van der Waals surface area contributed by atoms with Gasteiger partial charge in [-0.05, 0) is 0 Å². The van der Waals surface area contributed by atoms with Gasteiger partial charge in [0, 0.05) is 19.1 Å². The van der Waals surface area contributed by atoms with Crippen molar-refractivity contribution in [1.82, 2.24) is 10.6 Å². The third-order valence-corrected chi connectivity index (χ3v) is 1.66. The molecule has 1 aliphatic heterocycles. The van der Waals surface area contributed by atoms with Crippen LogP contribution >= 0.6 is 0 Å². The second-order valence-electron chi connectivity index (χ2n) is 2.75. The van der Waals surface area contributed by atoms with Crippen molar-refractivity contribution in [3.63, 3.8) is 0 Å². The van der Waals surface area contributed by atoms with E-state index >= 15 is 0 Å². The normalized spacial score (nSPS) is 19.9. The van der Waals surface area contributed by atoms with E-state index in [1.54, 1.807) is 0 Å². The lowest BCUT2D eigenvalue weighted by Crippen LogP contribution is -2.57. The number of nitrogens with one attached hydrogen (secondary N) is 2. The third kappa shape index (κ3) is 2.69. The first-order valence-corrected chi connectivity index (χ1v) is 3.57. The summed E-state index contributed by atoms with van der Waals surface area (Å²) in [5, 5.41) is 13.8. The molecule has 5 heteroatoms. The highest BCUT2D eigenvalue weighted by molar-refractivity contribution is 4.83. The molecule has 3 N–H and O–H groups in total. The van der Waals surface area contributed by atoms with E-state index < -0.39 is 19.1 Å². The lowest BCUT2D eigenvalue weighted by atomic mass is 10.2. The fourth-order valence-corrected chi connectivity index (χ4v) is 0.783. The van der Waals surface area contributed by atoms with E-state index in [1.807, 2.05) is 0 Å². The molecule has 0 aliphatic carbocycles. The molecule has 1 rings (SSSR count). The maximum absolute atomic E-state index is 12.3. The lowest BCUT2D eigenvalue weighted by molar-refractivity contribution is -0.0502. The van der Waals surface area contributed by atoms with E-state index in [9.17, 15) is 8.78 Å². The van der Waals surface area contributed by atoms with Gasteiger partial charge >= 0.3 is 0 Å². The SMILES string of the molecule is OCC(F)(F)CNC1CNC1. The summed E-state index contributed by atoms with van der Waals surface area (Å²) in [5.41, 5.74) is 0. The molecule has 66 valence electrons. The first kappa shape index (κ1) is 8.83. The van der Waals surface area contributed by atoms with Gasteiger partial charge in [-0.2, -0.15) is 0 Å². The molecule has 0 unspecified atom stereocenters. The van der Waals surface area contributed by atoms with Crippen LogP contribution in [0.2, 0.25) is 0 Å². The summed E-state index contributed by atoms with van der Waals surface area (Å²) < 4.78 is 24.7. The van der Waals surface area contributed by atoms with Crippen molar-refractivity contribution in [2.75, 3.05) is 26.2 Å². The number of halogens is 2. The van der Waals surface area contributed by atoms with Gasteiger partial charge in [0.05, 0.1) is 6.54 Å². The summed E-state index contributed by atoms with van der Waals surface area (Å²) in [7, 11) is 0. The molecular formula is C6H12F2N2O. The van der Waals surface area contributed by atoms with Crippen LogP contribution in [0, 0.1) is 0 Å². The molecular weight excluding hydrogens is 154 g/mol. The van der Waals surface area contributed by atoms with Gasteiger partial charge in [-0.25, -0.2) is 8.78 Å². The van der Waals surface area contributed by atoms with Crippen LogP contribution in [0.4, 0.5) is 8.78 Å². The van der Waals surface area contributed by atoms with Gasteiger partial charge in [0.2, 0.25) is 0 Å². The van der Waals surface area contributed by atoms with Crippen molar-refractivity contribution in [2.24, 2.45) is 0 Å². The summed E-state index contributed by atoms with van der Waals surface area (Å²) in [6.45, 7) is -0.0426. The average molecular weight is 166 g/mol. The monoisotopic (exact) mass is 166 g/mol. The first-order valence-electron chi connectivity index (χ1n) is 3.57. The Morgan fingerprint density at radius 2 is 2.18 bits per heavy atom. The molecule has 0 spiro atoms. The van der Waals surface area contributed by atoms with E-state index in [0.29, 0.717) is 0 Å². The number of hydrogen-bond acceptors (Lipinski definition) is 3. The fraction of sp³-hybridized carbons (Fsp3) is 1.00. The van der Waals surface area contributed by atoms with Gasteiger partial charge in [-0.15, -0.1) is 0 Å². The third-order valence-electron chi connectivity index (χ3n) is 1.66. The summed E-state index contributed by atoms with van der Waals surface area (Å²) in [6.07, 6.45) is 0. The average Bonchev–Trinajstić information content (AvgIpc) is 1.84. The van der Waals surface area contributed by atoms with Gasteiger partial charge in [0.1, 0.15) is 6.61 Å². The van der Waals surface area contributed by atoms with E-state index in [4.69, 9.17) is 5.11 Å². The minimum atomic E-state index is -2.98. The molecule has 0 atom stereocenters.